The van der Waals surface area contributed by atoms with Crippen LogP contribution in [0.4, 0.5) is 5.82 Å². The van der Waals surface area contributed by atoms with E-state index in [1.165, 1.54) is 0 Å². The highest BCUT2D eigenvalue weighted by Gasteiger charge is 2.11. The zero-order chi connectivity index (χ0) is 14.5. The number of rotatable bonds is 5. The number of para-hydroxylation sites is 1. The molecular weight excluding hydrogens is 254 g/mol. The fourth-order valence-electron chi connectivity index (χ4n) is 2.05. The number of carbonyl (C=O) groups is 1. The van der Waals surface area contributed by atoms with Gasteiger partial charge in [0.25, 0.3) is 0 Å². The summed E-state index contributed by atoms with van der Waals surface area (Å²) in [4.78, 5) is 16.9. The highest BCUT2D eigenvalue weighted by molar-refractivity contribution is 5.83. The molecule has 1 N–H and O–H groups in total. The molecule has 0 spiro atoms. The summed E-state index contributed by atoms with van der Waals surface area (Å²) in [5, 5.41) is 18.8. The molecule has 20 heavy (non-hydrogen) atoms. The van der Waals surface area contributed by atoms with Gasteiger partial charge in [-0.3, -0.25) is 4.79 Å². The van der Waals surface area contributed by atoms with Gasteiger partial charge in [-0.25, -0.2) is 4.98 Å². The molecule has 0 aliphatic rings. The molecule has 0 saturated heterocycles. The third kappa shape index (κ3) is 3.04. The van der Waals surface area contributed by atoms with Crippen molar-refractivity contribution in [1.82, 2.24) is 4.98 Å². The van der Waals surface area contributed by atoms with E-state index in [1.54, 1.807) is 0 Å². The Labute approximate surface area is 117 Å². The van der Waals surface area contributed by atoms with Gasteiger partial charge >= 0.3 is 5.97 Å². The lowest BCUT2D eigenvalue weighted by atomic mass is 10.1. The minimum atomic E-state index is -0.814. The zero-order valence-corrected chi connectivity index (χ0v) is 11.2. The van der Waals surface area contributed by atoms with Crippen molar-refractivity contribution in [1.29, 1.82) is 5.26 Å². The Hall–Kier alpha value is -2.61. The summed E-state index contributed by atoms with van der Waals surface area (Å²) in [5.41, 5.74) is 1.33. The first-order valence-corrected chi connectivity index (χ1v) is 6.34. The molecule has 0 amide bonds. The number of carboxylic acid groups (broad SMARTS) is 1. The highest BCUT2D eigenvalue weighted by atomic mass is 16.4. The number of fused-ring (bicyclic) bond motifs is 1. The van der Waals surface area contributed by atoms with Gasteiger partial charge in [-0.15, -0.1) is 0 Å². The molecule has 0 bridgehead atoms. The summed E-state index contributed by atoms with van der Waals surface area (Å²) in [7, 11) is 1.82. The number of pyridine rings is 1. The first-order valence-electron chi connectivity index (χ1n) is 6.34. The molecule has 2 rings (SSSR count). The second-order valence-corrected chi connectivity index (χ2v) is 4.58. The molecule has 0 atom stereocenters. The second-order valence-electron chi connectivity index (χ2n) is 4.58. The summed E-state index contributed by atoms with van der Waals surface area (Å²) >= 11 is 0. The van der Waals surface area contributed by atoms with Crippen LogP contribution in [0.3, 0.4) is 0 Å². The monoisotopic (exact) mass is 269 g/mol. The van der Waals surface area contributed by atoms with E-state index < -0.39 is 5.97 Å². The minimum absolute atomic E-state index is 0.111. The van der Waals surface area contributed by atoms with Crippen LogP contribution in [0.1, 0.15) is 18.4 Å². The molecule has 0 unspecified atom stereocenters. The fourth-order valence-corrected chi connectivity index (χ4v) is 2.05. The van der Waals surface area contributed by atoms with Crippen LogP contribution in [0.5, 0.6) is 0 Å². The Balaban J connectivity index is 2.27. The quantitative estimate of drug-likeness (QED) is 0.901. The van der Waals surface area contributed by atoms with Gasteiger partial charge in [0.1, 0.15) is 11.9 Å². The van der Waals surface area contributed by atoms with E-state index in [0.29, 0.717) is 24.3 Å². The van der Waals surface area contributed by atoms with Gasteiger partial charge in [0.05, 0.1) is 11.1 Å². The van der Waals surface area contributed by atoms with Crippen molar-refractivity contribution >= 4 is 22.7 Å². The van der Waals surface area contributed by atoms with Crippen LogP contribution in [0.15, 0.2) is 30.3 Å². The topological polar surface area (TPSA) is 77.2 Å². The normalized spacial score (nSPS) is 10.2. The molecule has 5 nitrogen and oxygen atoms in total. The summed E-state index contributed by atoms with van der Waals surface area (Å²) in [6.07, 6.45) is 0.630. The molecule has 5 heteroatoms. The Morgan fingerprint density at radius 2 is 2.20 bits per heavy atom. The third-order valence-corrected chi connectivity index (χ3v) is 3.07. The lowest BCUT2D eigenvalue weighted by Crippen LogP contribution is -2.21. The van der Waals surface area contributed by atoms with Gasteiger partial charge in [0, 0.05) is 25.4 Å². The van der Waals surface area contributed by atoms with Crippen LogP contribution >= 0.6 is 0 Å². The van der Waals surface area contributed by atoms with E-state index in [2.05, 4.69) is 11.1 Å². The number of nitrogens with zero attached hydrogens (tertiary/aromatic N) is 3. The first kappa shape index (κ1) is 13.8. The predicted molar refractivity (Wildman–Crippen MR) is 76.6 cm³/mol. The van der Waals surface area contributed by atoms with E-state index in [1.807, 2.05) is 42.3 Å². The van der Waals surface area contributed by atoms with Crippen molar-refractivity contribution < 1.29 is 9.90 Å². The van der Waals surface area contributed by atoms with E-state index in [9.17, 15) is 10.1 Å². The number of hydrogen-bond acceptors (Lipinski definition) is 4. The maximum atomic E-state index is 10.5. The van der Waals surface area contributed by atoms with Gasteiger partial charge < -0.3 is 10.0 Å². The summed E-state index contributed by atoms with van der Waals surface area (Å²) < 4.78 is 0. The first-order chi connectivity index (χ1) is 9.61. The van der Waals surface area contributed by atoms with Crippen LogP contribution in [-0.2, 0) is 4.79 Å². The summed E-state index contributed by atoms with van der Waals surface area (Å²) in [6, 6.07) is 11.6. The lowest BCUT2D eigenvalue weighted by Gasteiger charge is -2.19. The molecular formula is C15H15N3O2. The molecule has 2 aromatic rings. The Morgan fingerprint density at radius 1 is 1.45 bits per heavy atom. The van der Waals surface area contributed by atoms with Crippen LogP contribution < -0.4 is 4.90 Å². The Bertz CT molecular complexity index is 676. The zero-order valence-electron chi connectivity index (χ0n) is 11.2. The number of nitriles is 1. The number of carboxylic acids is 1. The molecule has 0 aliphatic heterocycles. The molecule has 0 aliphatic carbocycles. The van der Waals surface area contributed by atoms with Crippen LogP contribution in [0, 0.1) is 11.3 Å². The number of hydrogen-bond donors (Lipinski definition) is 1. The molecule has 0 fully saturated rings. The largest absolute Gasteiger partial charge is 0.481 e. The van der Waals surface area contributed by atoms with E-state index in [-0.39, 0.29) is 6.42 Å². The number of aliphatic carboxylic acids is 1. The third-order valence-electron chi connectivity index (χ3n) is 3.07. The average Bonchev–Trinajstić information content (AvgIpc) is 2.45. The average molecular weight is 269 g/mol. The lowest BCUT2D eigenvalue weighted by molar-refractivity contribution is -0.137. The van der Waals surface area contributed by atoms with Crippen LogP contribution in [-0.4, -0.2) is 29.7 Å². The summed E-state index contributed by atoms with van der Waals surface area (Å²) in [5.74, 6) is -0.220. The van der Waals surface area contributed by atoms with Crippen LogP contribution in [0.25, 0.3) is 10.9 Å². The standard InChI is InChI=1S/C15H15N3O2/c1-18(8-4-7-14(19)20)15-12(10-16)9-11-5-2-3-6-13(11)17-15/h2-3,5-6,9H,4,7-8H2,1H3,(H,19,20). The van der Waals surface area contributed by atoms with Crippen molar-refractivity contribution in [2.24, 2.45) is 0 Å². The molecule has 0 saturated carbocycles. The molecule has 1 aromatic heterocycles. The highest BCUT2D eigenvalue weighted by Crippen LogP contribution is 2.22. The van der Waals surface area contributed by atoms with E-state index in [0.717, 1.165) is 10.9 Å². The van der Waals surface area contributed by atoms with E-state index >= 15 is 0 Å². The summed E-state index contributed by atoms with van der Waals surface area (Å²) in [6.45, 7) is 0.548. The number of benzene rings is 1. The SMILES string of the molecule is CN(CCCC(=O)O)c1nc2ccccc2cc1C#N. The smallest absolute Gasteiger partial charge is 0.303 e. The number of aromatic nitrogens is 1. The maximum Gasteiger partial charge on any atom is 0.303 e. The Kier molecular flexibility index (Phi) is 4.16. The minimum Gasteiger partial charge on any atom is -0.481 e. The van der Waals surface area contributed by atoms with Gasteiger partial charge in [-0.2, -0.15) is 5.26 Å². The van der Waals surface area contributed by atoms with Gasteiger partial charge in [-0.05, 0) is 18.6 Å². The fraction of sp³-hybridized carbons (Fsp3) is 0.267. The second kappa shape index (κ2) is 6.02. The number of anilines is 1. The molecule has 0 radical (unpaired) electrons. The van der Waals surface area contributed by atoms with Crippen molar-refractivity contribution in [2.75, 3.05) is 18.5 Å². The van der Waals surface area contributed by atoms with Crippen molar-refractivity contribution in [2.45, 2.75) is 12.8 Å². The molecule has 1 aromatic carbocycles. The predicted octanol–water partition coefficient (Wildman–Crippen LogP) is 2.41. The van der Waals surface area contributed by atoms with E-state index in [4.69, 9.17) is 5.11 Å². The van der Waals surface area contributed by atoms with Crippen molar-refractivity contribution in [3.05, 3.63) is 35.9 Å². The van der Waals surface area contributed by atoms with Gasteiger partial charge in [0.2, 0.25) is 0 Å². The Morgan fingerprint density at radius 3 is 2.90 bits per heavy atom. The molecule has 1 heterocycles. The van der Waals surface area contributed by atoms with Gasteiger partial charge in [0.15, 0.2) is 0 Å². The van der Waals surface area contributed by atoms with Crippen molar-refractivity contribution in [3.8, 4) is 6.07 Å². The van der Waals surface area contributed by atoms with Crippen molar-refractivity contribution in [3.63, 3.8) is 0 Å². The maximum absolute atomic E-state index is 10.5. The van der Waals surface area contributed by atoms with Gasteiger partial charge in [-0.1, -0.05) is 18.2 Å². The molecule has 102 valence electrons. The van der Waals surface area contributed by atoms with Crippen LogP contribution in [0.2, 0.25) is 0 Å².